The Labute approximate surface area is 112 Å². The molecule has 108 valence electrons. The molecule has 1 aliphatic heterocycles. The lowest BCUT2D eigenvalue weighted by Crippen LogP contribution is -2.50. The van der Waals surface area contributed by atoms with Crippen LogP contribution in [0, 0.1) is 5.92 Å². The van der Waals surface area contributed by atoms with Crippen molar-refractivity contribution in [3.05, 3.63) is 0 Å². The summed E-state index contributed by atoms with van der Waals surface area (Å²) in [5.41, 5.74) is 0. The summed E-state index contributed by atoms with van der Waals surface area (Å²) in [7, 11) is -3.63. The Hall–Kier alpha value is -1.41. The number of ether oxygens (including phenoxy) is 1. The fourth-order valence-electron chi connectivity index (χ4n) is 1.70. The summed E-state index contributed by atoms with van der Waals surface area (Å²) >= 11 is 0. The molecule has 0 spiro atoms. The minimum absolute atomic E-state index is 0.222. The normalized spacial score (nSPS) is 15.3. The molecule has 0 radical (unpaired) electrons. The molecule has 8 heteroatoms. The maximum absolute atomic E-state index is 11.2. The summed E-state index contributed by atoms with van der Waals surface area (Å²) in [6, 6.07) is 0.222. The van der Waals surface area contributed by atoms with E-state index in [0.29, 0.717) is 25.6 Å². The van der Waals surface area contributed by atoms with Gasteiger partial charge in [-0.3, -0.25) is 14.4 Å². The van der Waals surface area contributed by atoms with Gasteiger partial charge in [-0.05, 0) is 6.42 Å². The highest BCUT2D eigenvalue weighted by molar-refractivity contribution is 6.65. The van der Waals surface area contributed by atoms with Gasteiger partial charge in [0.05, 0.1) is 19.3 Å². The lowest BCUT2D eigenvalue weighted by molar-refractivity contribution is -0.148. The van der Waals surface area contributed by atoms with Gasteiger partial charge >= 0.3 is 8.80 Å². The fraction of sp³-hybridized carbons (Fsp3) is 0.727. The molecule has 0 atom stereocenters. The average molecular weight is 290 g/mol. The van der Waals surface area contributed by atoms with Gasteiger partial charge in [-0.25, -0.2) is 0 Å². The van der Waals surface area contributed by atoms with Crippen LogP contribution in [0.15, 0.2) is 0 Å². The van der Waals surface area contributed by atoms with Gasteiger partial charge in [0.2, 0.25) is 0 Å². The van der Waals surface area contributed by atoms with E-state index in [1.807, 2.05) is 0 Å². The van der Waals surface area contributed by atoms with Crippen molar-refractivity contribution in [2.75, 3.05) is 13.2 Å². The van der Waals surface area contributed by atoms with Crippen LogP contribution in [-0.4, -0.2) is 39.9 Å². The minimum Gasteiger partial charge on any atom is -0.455 e. The zero-order valence-corrected chi connectivity index (χ0v) is 12.3. The molecule has 1 fully saturated rings. The summed E-state index contributed by atoms with van der Waals surface area (Å²) in [5.74, 6) is -1.61. The van der Waals surface area contributed by atoms with Crippen molar-refractivity contribution in [2.24, 2.45) is 5.92 Å². The van der Waals surface area contributed by atoms with E-state index in [0.717, 1.165) is 0 Å². The first-order valence-electron chi connectivity index (χ1n) is 5.99. The van der Waals surface area contributed by atoms with Gasteiger partial charge < -0.3 is 18.0 Å². The van der Waals surface area contributed by atoms with Gasteiger partial charge in [0.15, 0.2) is 0 Å². The molecular weight excluding hydrogens is 272 g/mol. The number of hydrogen-bond acceptors (Lipinski definition) is 7. The van der Waals surface area contributed by atoms with Gasteiger partial charge in [-0.2, -0.15) is 0 Å². The molecular formula is C11H18O7Si. The average Bonchev–Trinajstić information content (AvgIpc) is 2.10. The molecule has 0 unspecified atom stereocenters. The van der Waals surface area contributed by atoms with Crippen molar-refractivity contribution in [1.29, 1.82) is 0 Å². The molecule has 0 bridgehead atoms. The lowest BCUT2D eigenvalue weighted by atomic mass is 10.1. The highest BCUT2D eigenvalue weighted by Gasteiger charge is 2.52. The number of carbonyl (C=O) groups excluding carboxylic acids is 3. The zero-order valence-electron chi connectivity index (χ0n) is 11.3. The van der Waals surface area contributed by atoms with Crippen molar-refractivity contribution in [1.82, 2.24) is 0 Å². The van der Waals surface area contributed by atoms with Gasteiger partial charge in [-0.15, -0.1) is 0 Å². The Kier molecular flexibility index (Phi) is 5.49. The standard InChI is InChI=1S/C11H18O7Si/c1-8(12)16-19(17-9(2)13,18-10(3)14)5-4-11-6-15-7-11/h11H,4-7H2,1-3H3. The monoisotopic (exact) mass is 290 g/mol. The van der Waals surface area contributed by atoms with E-state index in [-0.39, 0.29) is 6.04 Å². The maximum atomic E-state index is 11.2. The van der Waals surface area contributed by atoms with Crippen molar-refractivity contribution >= 4 is 26.7 Å². The van der Waals surface area contributed by atoms with Crippen LogP contribution >= 0.6 is 0 Å². The molecule has 1 rings (SSSR count). The number of rotatable bonds is 6. The number of hydrogen-bond donors (Lipinski definition) is 0. The number of carbonyl (C=O) groups is 3. The first kappa shape index (κ1) is 15.6. The molecule has 1 heterocycles. The zero-order chi connectivity index (χ0) is 14.5. The third-order valence-corrected chi connectivity index (χ3v) is 5.16. The summed E-state index contributed by atoms with van der Waals surface area (Å²) in [6.45, 7) is 4.78. The molecule has 0 aromatic heterocycles. The second-order valence-electron chi connectivity index (χ2n) is 4.41. The molecule has 0 aromatic carbocycles. The van der Waals surface area contributed by atoms with Crippen LogP contribution in [0.5, 0.6) is 0 Å². The summed E-state index contributed by atoms with van der Waals surface area (Å²) in [4.78, 5) is 33.5. The maximum Gasteiger partial charge on any atom is 0.705 e. The van der Waals surface area contributed by atoms with Crippen LogP contribution in [0.2, 0.25) is 6.04 Å². The van der Waals surface area contributed by atoms with E-state index in [4.69, 9.17) is 18.0 Å². The fourth-order valence-corrected chi connectivity index (χ4v) is 4.21. The first-order chi connectivity index (χ1) is 8.83. The van der Waals surface area contributed by atoms with Crippen molar-refractivity contribution < 1.29 is 32.4 Å². The topological polar surface area (TPSA) is 88.1 Å². The Bertz CT molecular complexity index is 323. The van der Waals surface area contributed by atoms with Crippen LogP contribution in [0.3, 0.4) is 0 Å². The summed E-state index contributed by atoms with van der Waals surface area (Å²) in [5, 5.41) is 0. The lowest BCUT2D eigenvalue weighted by Gasteiger charge is -2.30. The molecule has 0 amide bonds. The van der Waals surface area contributed by atoms with Crippen molar-refractivity contribution in [3.63, 3.8) is 0 Å². The van der Waals surface area contributed by atoms with E-state index in [1.165, 1.54) is 20.8 Å². The van der Waals surface area contributed by atoms with Crippen LogP contribution in [0.25, 0.3) is 0 Å². The molecule has 19 heavy (non-hydrogen) atoms. The van der Waals surface area contributed by atoms with E-state index >= 15 is 0 Å². The molecule has 0 N–H and O–H groups in total. The molecule has 0 aliphatic carbocycles. The SMILES string of the molecule is CC(=O)O[Si](CCC1COC1)(OC(C)=O)OC(C)=O. The largest absolute Gasteiger partial charge is 0.705 e. The first-order valence-corrected chi connectivity index (χ1v) is 7.92. The van der Waals surface area contributed by atoms with Gasteiger partial charge in [-0.1, -0.05) is 0 Å². The van der Waals surface area contributed by atoms with E-state index in [2.05, 4.69) is 0 Å². The highest BCUT2D eigenvalue weighted by Crippen LogP contribution is 2.25. The summed E-state index contributed by atoms with van der Waals surface area (Å²) < 4.78 is 20.2. The third kappa shape index (κ3) is 5.39. The predicted octanol–water partition coefficient (Wildman–Crippen LogP) is 0.651. The smallest absolute Gasteiger partial charge is 0.455 e. The Balaban J connectivity index is 2.76. The Morgan fingerprint density at radius 1 is 1.00 bits per heavy atom. The highest BCUT2D eigenvalue weighted by atomic mass is 28.4. The molecule has 1 aliphatic rings. The molecule has 0 saturated carbocycles. The third-order valence-electron chi connectivity index (χ3n) is 2.46. The molecule has 7 nitrogen and oxygen atoms in total. The van der Waals surface area contributed by atoms with Gasteiger partial charge in [0, 0.05) is 26.7 Å². The van der Waals surface area contributed by atoms with Crippen LogP contribution in [0.4, 0.5) is 0 Å². The Morgan fingerprint density at radius 2 is 1.42 bits per heavy atom. The van der Waals surface area contributed by atoms with Gasteiger partial charge in [0.25, 0.3) is 17.9 Å². The predicted molar refractivity (Wildman–Crippen MR) is 64.8 cm³/mol. The second kappa shape index (κ2) is 6.67. The van der Waals surface area contributed by atoms with E-state index in [9.17, 15) is 14.4 Å². The Morgan fingerprint density at radius 3 is 1.68 bits per heavy atom. The van der Waals surface area contributed by atoms with Crippen molar-refractivity contribution in [3.8, 4) is 0 Å². The minimum atomic E-state index is -3.63. The van der Waals surface area contributed by atoms with Crippen LogP contribution in [0.1, 0.15) is 27.2 Å². The second-order valence-corrected chi connectivity index (χ2v) is 6.88. The van der Waals surface area contributed by atoms with E-state index < -0.39 is 26.7 Å². The van der Waals surface area contributed by atoms with Crippen molar-refractivity contribution in [2.45, 2.75) is 33.2 Å². The van der Waals surface area contributed by atoms with Crippen LogP contribution < -0.4 is 0 Å². The van der Waals surface area contributed by atoms with Gasteiger partial charge in [0.1, 0.15) is 0 Å². The van der Waals surface area contributed by atoms with E-state index in [1.54, 1.807) is 0 Å². The molecule has 1 saturated heterocycles. The molecule has 0 aromatic rings. The van der Waals surface area contributed by atoms with Crippen LogP contribution in [-0.2, 0) is 32.4 Å². The quantitative estimate of drug-likeness (QED) is 0.664. The summed E-state index contributed by atoms with van der Waals surface area (Å²) in [6.07, 6.45) is 0.611.